The summed E-state index contributed by atoms with van der Waals surface area (Å²) in [6, 6.07) is 17.3. The smallest absolute Gasteiger partial charge is 0.318 e. The minimum atomic E-state index is -0.917. The molecule has 1 saturated heterocycles. The van der Waals surface area contributed by atoms with E-state index in [0.717, 1.165) is 25.7 Å². The van der Waals surface area contributed by atoms with E-state index in [1.54, 1.807) is 0 Å². The van der Waals surface area contributed by atoms with E-state index in [1.807, 2.05) is 6.92 Å². The summed E-state index contributed by atoms with van der Waals surface area (Å²) in [7, 11) is 1.22. The summed E-state index contributed by atoms with van der Waals surface area (Å²) in [4.78, 5) is 35.6. The maximum Gasteiger partial charge on any atom is 0.318 e. The highest BCUT2D eigenvalue weighted by atomic mass is 16.5. The summed E-state index contributed by atoms with van der Waals surface area (Å²) >= 11 is 0. The number of fused-ring (bicyclic) bond motifs is 3. The molecular formula is C24H27NO4. The van der Waals surface area contributed by atoms with Crippen molar-refractivity contribution in [2.24, 2.45) is 5.92 Å². The maximum absolute atomic E-state index is 11.7. The van der Waals surface area contributed by atoms with Gasteiger partial charge in [0.2, 0.25) is 11.8 Å². The van der Waals surface area contributed by atoms with E-state index in [2.05, 4.69) is 53.3 Å². The van der Waals surface area contributed by atoms with Gasteiger partial charge in [0.25, 0.3) is 0 Å². The fourth-order valence-corrected chi connectivity index (χ4v) is 3.84. The summed E-state index contributed by atoms with van der Waals surface area (Å²) < 4.78 is 4.49. The number of esters is 1. The van der Waals surface area contributed by atoms with Crippen LogP contribution in [0, 0.1) is 5.92 Å². The largest absolute Gasteiger partial charge is 0.468 e. The van der Waals surface area contributed by atoms with Gasteiger partial charge in [-0.2, -0.15) is 0 Å². The van der Waals surface area contributed by atoms with Gasteiger partial charge in [0.15, 0.2) is 0 Å². The van der Waals surface area contributed by atoms with Gasteiger partial charge in [-0.05, 0) is 35.1 Å². The van der Waals surface area contributed by atoms with Crippen molar-refractivity contribution in [2.45, 2.75) is 39.0 Å². The number of hydrogen-bond donors (Lipinski definition) is 0. The van der Waals surface area contributed by atoms with E-state index in [1.165, 1.54) is 34.3 Å². The number of ether oxygens (including phenoxy) is 1. The lowest BCUT2D eigenvalue weighted by molar-refractivity contribution is -0.150. The lowest BCUT2D eigenvalue weighted by Crippen LogP contribution is -2.33. The molecule has 0 saturated carbocycles. The van der Waals surface area contributed by atoms with Gasteiger partial charge in [-0.1, -0.05) is 68.3 Å². The van der Waals surface area contributed by atoms with Crippen LogP contribution in [0.1, 0.15) is 43.7 Å². The average molecular weight is 393 g/mol. The number of nitrogens with zero attached hydrogens (tertiary/aromatic N) is 1. The third-order valence-corrected chi connectivity index (χ3v) is 5.42. The number of carbonyl (C=O) groups excluding carboxylic acids is 3. The van der Waals surface area contributed by atoms with Gasteiger partial charge in [0.05, 0.1) is 7.11 Å². The Balaban J connectivity index is 0.000000168. The van der Waals surface area contributed by atoms with Crippen molar-refractivity contribution in [2.75, 3.05) is 13.7 Å². The Morgan fingerprint density at radius 3 is 2.14 bits per heavy atom. The van der Waals surface area contributed by atoms with Crippen LogP contribution in [-0.4, -0.2) is 36.3 Å². The Bertz CT molecular complexity index is 862. The fraction of sp³-hybridized carbons (Fsp3) is 0.375. The molecule has 29 heavy (non-hydrogen) atoms. The minimum Gasteiger partial charge on any atom is -0.468 e. The lowest BCUT2D eigenvalue weighted by Gasteiger charge is -2.13. The molecule has 152 valence electrons. The second-order valence-corrected chi connectivity index (χ2v) is 7.36. The molecule has 2 amide bonds. The van der Waals surface area contributed by atoms with Crippen LogP contribution in [0.4, 0.5) is 0 Å². The number of unbranched alkanes of at least 4 members (excludes halogenated alkanes) is 2. The van der Waals surface area contributed by atoms with Crippen LogP contribution >= 0.6 is 0 Å². The monoisotopic (exact) mass is 393 g/mol. The summed E-state index contributed by atoms with van der Waals surface area (Å²) in [5.74, 6) is -2.21. The molecule has 2 aliphatic rings. The van der Waals surface area contributed by atoms with Crippen molar-refractivity contribution in [1.82, 2.24) is 4.90 Å². The Hall–Kier alpha value is -2.95. The third kappa shape index (κ3) is 4.56. The van der Waals surface area contributed by atoms with Crippen LogP contribution in [0.15, 0.2) is 48.5 Å². The first-order valence-corrected chi connectivity index (χ1v) is 10.1. The number of likely N-dealkylation sites (tertiary alicyclic amines) is 1. The predicted octanol–water partition coefficient (Wildman–Crippen LogP) is 3.98. The highest BCUT2D eigenvalue weighted by molar-refractivity contribution is 6.12. The average Bonchev–Trinajstić information content (AvgIpc) is 3.26. The quantitative estimate of drug-likeness (QED) is 0.285. The molecule has 5 nitrogen and oxygen atoms in total. The van der Waals surface area contributed by atoms with Crippen LogP contribution in [-0.2, 0) is 25.5 Å². The van der Waals surface area contributed by atoms with Gasteiger partial charge >= 0.3 is 5.97 Å². The third-order valence-electron chi connectivity index (χ3n) is 5.42. The molecule has 1 unspecified atom stereocenters. The Morgan fingerprint density at radius 1 is 1.00 bits per heavy atom. The first-order chi connectivity index (χ1) is 14.1. The molecule has 0 aromatic heterocycles. The highest BCUT2D eigenvalue weighted by Gasteiger charge is 2.43. The zero-order valence-electron chi connectivity index (χ0n) is 17.0. The van der Waals surface area contributed by atoms with Crippen LogP contribution in [0.2, 0.25) is 0 Å². The zero-order valence-corrected chi connectivity index (χ0v) is 17.0. The van der Waals surface area contributed by atoms with E-state index in [9.17, 15) is 14.4 Å². The molecule has 0 N–H and O–H groups in total. The Morgan fingerprint density at radius 2 is 1.59 bits per heavy atom. The second kappa shape index (κ2) is 9.50. The Labute approximate surface area is 171 Å². The van der Waals surface area contributed by atoms with Crippen molar-refractivity contribution in [3.8, 4) is 11.1 Å². The van der Waals surface area contributed by atoms with E-state index < -0.39 is 17.8 Å². The Kier molecular flexibility index (Phi) is 6.81. The molecule has 0 radical (unpaired) electrons. The molecule has 1 aliphatic carbocycles. The number of amides is 2. The van der Waals surface area contributed by atoms with E-state index in [4.69, 9.17) is 0 Å². The summed E-state index contributed by atoms with van der Waals surface area (Å²) in [6.45, 7) is 2.46. The van der Waals surface area contributed by atoms with Crippen LogP contribution in [0.25, 0.3) is 11.1 Å². The molecule has 2 aromatic carbocycles. The van der Waals surface area contributed by atoms with Gasteiger partial charge < -0.3 is 4.74 Å². The SMILES string of the molecule is CCCCCN1C(=O)CC(C(=O)OC)C1=O.c1ccc2c(c1)Cc1ccccc1-2. The van der Waals surface area contributed by atoms with Crippen LogP contribution in [0.5, 0.6) is 0 Å². The molecule has 1 atom stereocenters. The minimum absolute atomic E-state index is 0.0440. The second-order valence-electron chi connectivity index (χ2n) is 7.36. The van der Waals surface area contributed by atoms with Crippen molar-refractivity contribution in [3.05, 3.63) is 59.7 Å². The van der Waals surface area contributed by atoms with E-state index >= 15 is 0 Å². The number of methoxy groups -OCH3 is 1. The normalized spacial score (nSPS) is 16.8. The number of benzene rings is 2. The van der Waals surface area contributed by atoms with Crippen molar-refractivity contribution < 1.29 is 19.1 Å². The number of hydrogen-bond acceptors (Lipinski definition) is 4. The molecular weight excluding hydrogens is 366 g/mol. The zero-order chi connectivity index (χ0) is 20.8. The van der Waals surface area contributed by atoms with Gasteiger partial charge in [-0.25, -0.2) is 0 Å². The number of carbonyl (C=O) groups is 3. The molecule has 5 heteroatoms. The van der Waals surface area contributed by atoms with Gasteiger partial charge in [-0.15, -0.1) is 0 Å². The van der Waals surface area contributed by atoms with Crippen LogP contribution in [0.3, 0.4) is 0 Å². The van der Waals surface area contributed by atoms with Crippen molar-refractivity contribution >= 4 is 17.8 Å². The maximum atomic E-state index is 11.7. The van der Waals surface area contributed by atoms with Gasteiger partial charge in [0.1, 0.15) is 5.92 Å². The predicted molar refractivity (Wildman–Crippen MR) is 111 cm³/mol. The van der Waals surface area contributed by atoms with E-state index in [-0.39, 0.29) is 12.3 Å². The first kappa shape index (κ1) is 20.8. The standard InChI is InChI=1S/C13H10.C11H17NO4/c1-3-7-12-10(5-1)9-11-6-2-4-8-13(11)12;1-3-4-5-6-12-9(13)7-8(10(12)14)11(15)16-2/h1-8H,9H2;8H,3-7H2,1-2H3. The van der Waals surface area contributed by atoms with Gasteiger partial charge in [-0.3, -0.25) is 19.3 Å². The first-order valence-electron chi connectivity index (χ1n) is 10.1. The van der Waals surface area contributed by atoms with E-state index in [0.29, 0.717) is 6.54 Å². The topological polar surface area (TPSA) is 63.7 Å². The van der Waals surface area contributed by atoms with Crippen LogP contribution < -0.4 is 0 Å². The van der Waals surface area contributed by atoms with Gasteiger partial charge in [0, 0.05) is 13.0 Å². The summed E-state index contributed by atoms with van der Waals surface area (Å²) in [5, 5.41) is 0. The van der Waals surface area contributed by atoms with Crippen molar-refractivity contribution in [1.29, 1.82) is 0 Å². The molecule has 4 rings (SSSR count). The molecule has 0 bridgehead atoms. The molecule has 2 aromatic rings. The summed E-state index contributed by atoms with van der Waals surface area (Å²) in [5.41, 5.74) is 5.75. The number of imide groups is 1. The highest BCUT2D eigenvalue weighted by Crippen LogP contribution is 2.35. The number of rotatable bonds is 5. The molecule has 1 fully saturated rings. The molecule has 1 heterocycles. The van der Waals surface area contributed by atoms with Crippen molar-refractivity contribution in [3.63, 3.8) is 0 Å². The molecule has 0 spiro atoms. The summed E-state index contributed by atoms with van der Waals surface area (Å²) in [6.07, 6.45) is 3.85. The molecule has 1 aliphatic heterocycles. The lowest BCUT2D eigenvalue weighted by atomic mass is 10.1. The fourth-order valence-electron chi connectivity index (χ4n) is 3.84.